The molecule has 1 amide bonds. The fraction of sp³-hybridized carbons (Fsp3) is 0.510. The number of esters is 1. The fourth-order valence-corrected chi connectivity index (χ4v) is 9.91. The van der Waals surface area contributed by atoms with Crippen molar-refractivity contribution in [2.75, 3.05) is 50.1 Å². The second kappa shape index (κ2) is 19.4. The Morgan fingerprint density at radius 3 is 2.33 bits per heavy atom. The van der Waals surface area contributed by atoms with Gasteiger partial charge in [0.2, 0.25) is 11.2 Å². The third-order valence-electron chi connectivity index (χ3n) is 14.1. The Labute approximate surface area is 390 Å². The number of methoxy groups -OCH3 is 1. The second-order valence-electron chi connectivity index (χ2n) is 18.8. The van der Waals surface area contributed by atoms with E-state index in [0.717, 1.165) is 26.1 Å². The van der Waals surface area contributed by atoms with Gasteiger partial charge in [0.15, 0.2) is 16.9 Å². The smallest absolute Gasteiger partial charge is 0.302 e. The van der Waals surface area contributed by atoms with Gasteiger partial charge < -0.3 is 49.3 Å². The molecule has 16 nitrogen and oxygen atoms in total. The molecule has 9 unspecified atom stereocenters. The van der Waals surface area contributed by atoms with Gasteiger partial charge in [-0.1, -0.05) is 65.0 Å². The molecule has 0 radical (unpaired) electrons. The molecule has 1 fully saturated rings. The summed E-state index contributed by atoms with van der Waals surface area (Å²) < 4.78 is 24.7. The molecule has 67 heavy (non-hydrogen) atoms. The number of aromatic nitrogens is 1. The molecule has 1 aliphatic carbocycles. The summed E-state index contributed by atoms with van der Waals surface area (Å²) in [6, 6.07) is 3.32. The van der Waals surface area contributed by atoms with Crippen molar-refractivity contribution >= 4 is 50.9 Å². The number of phenolic OH excluding ortho intramolecular Hbond substituents is 2. The van der Waals surface area contributed by atoms with Gasteiger partial charge in [-0.15, -0.1) is 0 Å². The number of fused-ring (bicyclic) bond motifs is 14. The molecular weight excluding hydrogens is 861 g/mol. The van der Waals surface area contributed by atoms with Gasteiger partial charge in [-0.3, -0.25) is 24.1 Å². The topological polar surface area (TPSA) is 221 Å². The number of hydrogen-bond donors (Lipinski definition) is 5. The van der Waals surface area contributed by atoms with Crippen molar-refractivity contribution in [3.05, 3.63) is 69.4 Å². The number of ketones is 1. The van der Waals surface area contributed by atoms with Crippen molar-refractivity contribution in [1.29, 1.82) is 0 Å². The van der Waals surface area contributed by atoms with Crippen molar-refractivity contribution < 1.29 is 53.4 Å². The largest absolute Gasteiger partial charge is 0.507 e. The Balaban J connectivity index is 1.43. The van der Waals surface area contributed by atoms with Crippen LogP contribution in [0.4, 0.5) is 11.4 Å². The molecule has 1 saturated heterocycles. The van der Waals surface area contributed by atoms with Gasteiger partial charge in [0.25, 0.3) is 5.91 Å². The zero-order valence-electron chi connectivity index (χ0n) is 40.0. The van der Waals surface area contributed by atoms with Crippen molar-refractivity contribution in [3.8, 4) is 28.7 Å². The number of ether oxygens (including phenoxy) is 3. The number of anilines is 2. The summed E-state index contributed by atoms with van der Waals surface area (Å²) in [5.74, 6) is -5.05. The highest BCUT2D eigenvalue weighted by Gasteiger charge is 2.48. The van der Waals surface area contributed by atoms with E-state index < -0.39 is 82.5 Å². The van der Waals surface area contributed by atoms with E-state index in [0.29, 0.717) is 18.8 Å². The summed E-state index contributed by atoms with van der Waals surface area (Å²) in [6.07, 6.45) is 5.50. The van der Waals surface area contributed by atoms with E-state index in [2.05, 4.69) is 22.0 Å². The fourth-order valence-electron chi connectivity index (χ4n) is 9.91. The van der Waals surface area contributed by atoms with E-state index in [4.69, 9.17) is 23.6 Å². The molecule has 0 spiro atoms. The molecule has 5 aliphatic heterocycles. The molecule has 2 aromatic rings. The molecule has 0 aromatic heterocycles. The number of aliphatic hydroxyl groups excluding tert-OH is 2. The molecule has 5 bridgehead atoms. The van der Waals surface area contributed by atoms with Crippen molar-refractivity contribution in [2.24, 2.45) is 23.7 Å². The number of benzene rings is 3. The van der Waals surface area contributed by atoms with Crippen LogP contribution in [0.3, 0.4) is 0 Å². The quantitative estimate of drug-likeness (QED) is 0.0613. The Bertz CT molecular complexity index is 2700. The summed E-state index contributed by atoms with van der Waals surface area (Å²) >= 11 is 0. The number of hydrogen-bond acceptors (Lipinski definition) is 15. The molecule has 9 atom stereocenters. The normalized spacial score (nSPS) is 29.8. The number of rotatable bonds is 5. The van der Waals surface area contributed by atoms with E-state index >= 15 is 0 Å². The van der Waals surface area contributed by atoms with Crippen LogP contribution in [0.15, 0.2) is 57.3 Å². The van der Waals surface area contributed by atoms with E-state index in [1.54, 1.807) is 64.1 Å². The minimum atomic E-state index is -1.58. The van der Waals surface area contributed by atoms with E-state index in [1.165, 1.54) is 34.0 Å². The highest BCUT2D eigenvalue weighted by atomic mass is 16.5. The molecule has 2 aromatic carbocycles. The maximum atomic E-state index is 14.9. The molecule has 5 N–H and O–H groups in total. The Morgan fingerprint density at radius 1 is 0.970 bits per heavy atom. The zero-order valence-corrected chi connectivity index (χ0v) is 40.0. The van der Waals surface area contributed by atoms with Crippen LogP contribution < -0.4 is 20.4 Å². The van der Waals surface area contributed by atoms with Crippen molar-refractivity contribution in [3.63, 3.8) is 0 Å². The van der Waals surface area contributed by atoms with E-state index in [9.17, 15) is 39.6 Å². The molecule has 360 valence electrons. The Hall–Kier alpha value is -5.81. The molecule has 8 rings (SSSR count). The van der Waals surface area contributed by atoms with Crippen molar-refractivity contribution in [2.45, 2.75) is 105 Å². The minimum absolute atomic E-state index is 0.0151. The Kier molecular flexibility index (Phi) is 14.2. The van der Waals surface area contributed by atoms with E-state index in [-0.39, 0.29) is 73.6 Å². The minimum Gasteiger partial charge on any atom is -0.507 e. The standard InChI is InChI=1S/C51H64N4O12/c1-11-18-54-19-21-55(22-20-54)32-23-33(57)39-35(24-32)66-48-40(52-39)36-37-44(60)30(7)47-38(36)49(62)51(9,67-47)17-13-16-34(64-10)27(4)46(65-31(8)56)29(6)43(59)28(5)42(58)25(2)14-12-15-26(3)50(63)53-41(48)45(37)61/h12-16,23-25,27-29,34,42-43,46,57-60H,11,17-22H2,1-10H3,(H,53,63)/b14-12+,16-13+,26-15-. The first-order valence-corrected chi connectivity index (χ1v) is 23.2. The summed E-state index contributed by atoms with van der Waals surface area (Å²) in [5, 5.41) is 48.9. The number of aromatic hydroxyl groups is 2. The lowest BCUT2D eigenvalue weighted by molar-refractivity contribution is -0.160. The maximum absolute atomic E-state index is 14.9. The summed E-state index contributed by atoms with van der Waals surface area (Å²) in [4.78, 5) is 65.7. The zero-order chi connectivity index (χ0) is 48.8. The summed E-state index contributed by atoms with van der Waals surface area (Å²) in [7, 11) is 1.49. The van der Waals surface area contributed by atoms with Gasteiger partial charge in [0.05, 0.1) is 29.3 Å². The SMILES string of the molecule is CCCN1CCN(c2cc(O)c3nc4c5c6c7c(C)c(O)c5c(=O)c(c-4oc3c2)NC(=O)/C(C)=C\C=C\C(C)C(O)C(C)C(O)C(C)C(OC(C)=O)C(C)C(OC)/C=C/CC(C)(O7)C6=O)CC1. The van der Waals surface area contributed by atoms with Crippen LogP contribution in [-0.4, -0.2) is 118 Å². The number of aliphatic hydroxyl groups is 2. The van der Waals surface area contributed by atoms with Crippen LogP contribution in [0.5, 0.6) is 17.2 Å². The number of carbonyl (C=O) groups is 3. The number of nitrogens with one attached hydrogen (secondary N) is 1. The lowest BCUT2D eigenvalue weighted by Gasteiger charge is -2.38. The van der Waals surface area contributed by atoms with Crippen molar-refractivity contribution in [1.82, 2.24) is 9.88 Å². The maximum Gasteiger partial charge on any atom is 0.302 e. The number of amides is 1. The van der Waals surface area contributed by atoms with Gasteiger partial charge in [-0.05, 0) is 33.7 Å². The first-order chi connectivity index (χ1) is 31.7. The third kappa shape index (κ3) is 9.16. The Morgan fingerprint density at radius 2 is 1.67 bits per heavy atom. The highest BCUT2D eigenvalue weighted by Crippen LogP contribution is 2.51. The van der Waals surface area contributed by atoms with Gasteiger partial charge in [-0.2, -0.15) is 0 Å². The summed E-state index contributed by atoms with van der Waals surface area (Å²) in [6.45, 7) is 19.1. The molecule has 6 aliphatic rings. The van der Waals surface area contributed by atoms with Gasteiger partial charge in [0, 0.05) is 105 Å². The van der Waals surface area contributed by atoms with Gasteiger partial charge >= 0.3 is 5.97 Å². The number of nitrogens with zero attached hydrogens (tertiary/aromatic N) is 3. The first-order valence-electron chi connectivity index (χ1n) is 23.2. The van der Waals surface area contributed by atoms with Crippen LogP contribution in [0.25, 0.3) is 33.3 Å². The number of phenols is 2. The van der Waals surface area contributed by atoms with E-state index in [1.807, 2.05) is 6.92 Å². The number of allylic oxidation sites excluding steroid dienone is 2. The average molecular weight is 925 g/mol. The van der Waals surface area contributed by atoms with Crippen LogP contribution >= 0.6 is 0 Å². The van der Waals surface area contributed by atoms with Gasteiger partial charge in [0.1, 0.15) is 40.3 Å². The second-order valence-corrected chi connectivity index (χ2v) is 18.8. The van der Waals surface area contributed by atoms with Crippen LogP contribution in [-0.2, 0) is 19.1 Å². The average Bonchev–Trinajstić information content (AvgIpc) is 3.56. The molecule has 16 heteroatoms. The number of piperazine rings is 1. The number of Topliss-reactive ketones (excluding diaryl/α,β-unsaturated/α-hetero) is 1. The molecule has 0 saturated carbocycles. The van der Waals surface area contributed by atoms with Crippen LogP contribution in [0.2, 0.25) is 0 Å². The molecular formula is C51H64N4O12. The predicted molar refractivity (Wildman–Crippen MR) is 255 cm³/mol. The third-order valence-corrected chi connectivity index (χ3v) is 14.1. The molecule has 5 heterocycles. The lowest BCUT2D eigenvalue weighted by atomic mass is 9.78. The summed E-state index contributed by atoms with van der Waals surface area (Å²) in [5.41, 5.74) is -1.79. The van der Waals surface area contributed by atoms with Gasteiger partial charge in [-0.25, -0.2) is 4.98 Å². The monoisotopic (exact) mass is 924 g/mol. The number of carbonyl (C=O) groups excluding carboxylic acids is 3. The predicted octanol–water partition coefficient (Wildman–Crippen LogP) is 6.65. The first kappa shape index (κ1) is 49.1. The van der Waals surface area contributed by atoms with Crippen LogP contribution in [0, 0.1) is 30.6 Å². The highest BCUT2D eigenvalue weighted by molar-refractivity contribution is 6.23. The van der Waals surface area contributed by atoms with Crippen LogP contribution in [0.1, 0.15) is 84.2 Å². The lowest BCUT2D eigenvalue weighted by Crippen LogP contribution is -2.46.